The highest BCUT2D eigenvalue weighted by Crippen LogP contribution is 2.51. The van der Waals surface area contributed by atoms with Gasteiger partial charge in [0.2, 0.25) is 0 Å². The molecule has 1 aromatic rings. The highest BCUT2D eigenvalue weighted by atomic mass is 35.5. The minimum Gasteiger partial charge on any atom is -0.504 e. The topological polar surface area (TPSA) is 67.9 Å². The maximum Gasteiger partial charge on any atom is 0.195 e. The van der Waals surface area contributed by atoms with E-state index in [1.165, 1.54) is 7.11 Å². The molecule has 0 aliphatic carbocycles. The van der Waals surface area contributed by atoms with E-state index in [0.717, 1.165) is 43.6 Å². The van der Waals surface area contributed by atoms with E-state index in [9.17, 15) is 9.59 Å². The maximum atomic E-state index is 13.8. The molecule has 1 unspecified atom stereocenters. The Morgan fingerprint density at radius 2 is 2.17 bits per heavy atom. The van der Waals surface area contributed by atoms with Crippen molar-refractivity contribution in [3.05, 3.63) is 34.6 Å². The molecular formula is C23H29ClN2O4. The third-order valence-electron chi connectivity index (χ3n) is 7.20. The van der Waals surface area contributed by atoms with Gasteiger partial charge in [0.05, 0.1) is 31.1 Å². The number of hydrogen-bond acceptors (Lipinski definition) is 6. The molecule has 3 aliphatic rings. The molecule has 3 heterocycles. The fraction of sp³-hybridized carbons (Fsp3) is 0.565. The zero-order valence-corrected chi connectivity index (χ0v) is 18.7. The first-order valence-electron chi connectivity index (χ1n) is 10.5. The fourth-order valence-electron chi connectivity index (χ4n) is 5.75. The van der Waals surface area contributed by atoms with Gasteiger partial charge in [0, 0.05) is 30.4 Å². The van der Waals surface area contributed by atoms with Crippen LogP contribution >= 0.6 is 11.6 Å². The van der Waals surface area contributed by atoms with Crippen LogP contribution in [0.3, 0.4) is 0 Å². The van der Waals surface area contributed by atoms with Crippen molar-refractivity contribution in [3.63, 3.8) is 0 Å². The van der Waals surface area contributed by atoms with Gasteiger partial charge in [0.15, 0.2) is 11.6 Å². The third-order valence-corrected chi connectivity index (χ3v) is 7.49. The lowest BCUT2D eigenvalue weighted by Crippen LogP contribution is -2.57. The summed E-state index contributed by atoms with van der Waals surface area (Å²) >= 11 is 6.30. The Balaban J connectivity index is 1.72. The zero-order chi connectivity index (χ0) is 21.6. The fourth-order valence-corrected chi connectivity index (χ4v) is 5.99. The van der Waals surface area contributed by atoms with Crippen LogP contribution in [0.25, 0.3) is 0 Å². The zero-order valence-electron chi connectivity index (χ0n) is 18.0. The number of allylic oxidation sites excluding steroid dienone is 1. The molecule has 3 aliphatic heterocycles. The number of fused-ring (bicyclic) bond motifs is 3. The molecule has 6 nitrogen and oxygen atoms in total. The third kappa shape index (κ3) is 3.04. The quantitative estimate of drug-likeness (QED) is 0.561. The van der Waals surface area contributed by atoms with Gasteiger partial charge in [-0.1, -0.05) is 24.9 Å². The van der Waals surface area contributed by atoms with E-state index in [1.54, 1.807) is 26.4 Å². The minimum absolute atomic E-state index is 0.00622. The predicted molar refractivity (Wildman–Crippen MR) is 116 cm³/mol. The number of Topliss-reactive ketones (excluding diaryl/α,β-unsaturated/α-hetero) is 2. The van der Waals surface area contributed by atoms with Gasteiger partial charge in [-0.2, -0.15) is 0 Å². The molecule has 30 heavy (non-hydrogen) atoms. The minimum atomic E-state index is -0.716. The van der Waals surface area contributed by atoms with Crippen molar-refractivity contribution >= 4 is 28.9 Å². The first kappa shape index (κ1) is 21.2. The van der Waals surface area contributed by atoms with Crippen LogP contribution in [0.5, 0.6) is 5.75 Å². The van der Waals surface area contributed by atoms with E-state index in [1.807, 2.05) is 6.07 Å². The van der Waals surface area contributed by atoms with Gasteiger partial charge in [-0.05, 0) is 43.7 Å². The second kappa shape index (κ2) is 7.89. The van der Waals surface area contributed by atoms with E-state index < -0.39 is 5.54 Å². The molecule has 1 N–H and O–H groups in total. The molecule has 4 rings (SSSR count). The molecule has 0 amide bonds. The van der Waals surface area contributed by atoms with Crippen molar-refractivity contribution < 1.29 is 19.1 Å². The molecule has 0 saturated carbocycles. The molecule has 1 aromatic carbocycles. The van der Waals surface area contributed by atoms with Gasteiger partial charge in [0.1, 0.15) is 11.3 Å². The summed E-state index contributed by atoms with van der Waals surface area (Å²) in [7, 11) is 3.11. The Hall–Kier alpha value is -2.05. The Bertz CT molecular complexity index is 915. The van der Waals surface area contributed by atoms with E-state index in [4.69, 9.17) is 21.1 Å². The Morgan fingerprint density at radius 1 is 1.40 bits per heavy atom. The van der Waals surface area contributed by atoms with Gasteiger partial charge in [-0.15, -0.1) is 0 Å². The lowest BCUT2D eigenvalue weighted by Gasteiger charge is -2.45. The molecule has 2 saturated heterocycles. The Kier molecular flexibility index (Phi) is 5.58. The number of halogens is 1. The van der Waals surface area contributed by atoms with E-state index in [0.29, 0.717) is 22.3 Å². The van der Waals surface area contributed by atoms with Crippen molar-refractivity contribution in [1.82, 2.24) is 4.90 Å². The summed E-state index contributed by atoms with van der Waals surface area (Å²) in [6.07, 6.45) is 4.02. The average molecular weight is 433 g/mol. The second-order valence-electron chi connectivity index (χ2n) is 8.57. The standard InChI is InChI=1S/C23H29ClN2O4/c1-5-14-11-26-9-8-23(19(26)10-15(14)16(12-29-3)13(2)27)22(28)20-18(25-23)7-6-17(24)21(20)30-4/h6-7,12,14-15,19,25H,5,8-11H2,1-4H3/b16-12-/t14-,15+,19?,23+/m1/s1. The van der Waals surface area contributed by atoms with Crippen LogP contribution < -0.4 is 10.1 Å². The summed E-state index contributed by atoms with van der Waals surface area (Å²) in [4.78, 5) is 28.6. The van der Waals surface area contributed by atoms with Gasteiger partial charge in [-0.25, -0.2) is 0 Å². The van der Waals surface area contributed by atoms with Gasteiger partial charge in [0.25, 0.3) is 0 Å². The number of carbonyl (C=O) groups is 2. The van der Waals surface area contributed by atoms with E-state index >= 15 is 0 Å². The molecule has 4 atom stereocenters. The Morgan fingerprint density at radius 3 is 2.80 bits per heavy atom. The summed E-state index contributed by atoms with van der Waals surface area (Å²) in [5.74, 6) is 0.919. The molecule has 162 valence electrons. The summed E-state index contributed by atoms with van der Waals surface area (Å²) in [5.41, 5.74) is 1.32. The number of nitrogens with zero attached hydrogens (tertiary/aromatic N) is 1. The monoisotopic (exact) mass is 432 g/mol. The average Bonchev–Trinajstić information content (AvgIpc) is 3.23. The van der Waals surface area contributed by atoms with Crippen LogP contribution in [0.4, 0.5) is 5.69 Å². The SMILES string of the molecule is CC[C@@H]1CN2CC[C@]3(Nc4ccc(Cl)c(OC)c4C3=O)C2C[C@@H]1/C(=C\OC)C(C)=O. The highest BCUT2D eigenvalue weighted by Gasteiger charge is 2.59. The number of carbonyl (C=O) groups excluding carboxylic acids is 2. The molecule has 0 bridgehead atoms. The summed E-state index contributed by atoms with van der Waals surface area (Å²) in [6.45, 7) is 5.47. The number of methoxy groups -OCH3 is 2. The lowest BCUT2D eigenvalue weighted by atomic mass is 9.71. The predicted octanol–water partition coefficient (Wildman–Crippen LogP) is 3.94. The summed E-state index contributed by atoms with van der Waals surface area (Å²) in [6, 6.07) is 3.61. The smallest absolute Gasteiger partial charge is 0.195 e. The van der Waals surface area contributed by atoms with Gasteiger partial charge >= 0.3 is 0 Å². The number of rotatable bonds is 5. The Labute approximate surface area is 182 Å². The van der Waals surface area contributed by atoms with Crippen LogP contribution in [-0.4, -0.2) is 55.4 Å². The largest absolute Gasteiger partial charge is 0.504 e. The van der Waals surface area contributed by atoms with Crippen LogP contribution in [0, 0.1) is 11.8 Å². The summed E-state index contributed by atoms with van der Waals surface area (Å²) < 4.78 is 10.7. The number of nitrogens with one attached hydrogen (secondary N) is 1. The van der Waals surface area contributed by atoms with Crippen molar-refractivity contribution in [2.45, 2.75) is 44.7 Å². The van der Waals surface area contributed by atoms with E-state index in [2.05, 4.69) is 17.1 Å². The van der Waals surface area contributed by atoms with Crippen LogP contribution in [0.15, 0.2) is 24.0 Å². The number of benzene rings is 1. The summed E-state index contributed by atoms with van der Waals surface area (Å²) in [5, 5.41) is 3.99. The number of anilines is 1. The molecule has 0 aromatic heterocycles. The van der Waals surface area contributed by atoms with Crippen molar-refractivity contribution in [2.24, 2.45) is 11.8 Å². The van der Waals surface area contributed by atoms with E-state index in [-0.39, 0.29) is 23.5 Å². The van der Waals surface area contributed by atoms with Gasteiger partial charge < -0.3 is 14.8 Å². The molecule has 2 fully saturated rings. The molecular weight excluding hydrogens is 404 g/mol. The van der Waals surface area contributed by atoms with Crippen molar-refractivity contribution in [2.75, 3.05) is 32.6 Å². The van der Waals surface area contributed by atoms with Crippen LogP contribution in [0.1, 0.15) is 43.5 Å². The molecule has 0 radical (unpaired) electrons. The number of ketones is 2. The lowest BCUT2D eigenvalue weighted by molar-refractivity contribution is -0.114. The second-order valence-corrected chi connectivity index (χ2v) is 8.97. The van der Waals surface area contributed by atoms with Crippen molar-refractivity contribution in [3.8, 4) is 5.75 Å². The normalized spacial score (nSPS) is 30.8. The molecule has 1 spiro atoms. The number of ether oxygens (including phenoxy) is 2. The van der Waals surface area contributed by atoms with Gasteiger partial charge in [-0.3, -0.25) is 14.5 Å². The maximum absolute atomic E-state index is 13.8. The highest BCUT2D eigenvalue weighted by molar-refractivity contribution is 6.33. The van der Waals surface area contributed by atoms with Crippen molar-refractivity contribution in [1.29, 1.82) is 0 Å². The molecule has 7 heteroatoms. The first-order valence-corrected chi connectivity index (χ1v) is 10.9. The van der Waals surface area contributed by atoms with Crippen LogP contribution in [-0.2, 0) is 9.53 Å². The first-order chi connectivity index (χ1) is 14.4. The number of hydrogen-bond donors (Lipinski definition) is 1. The number of piperidine rings is 1. The van der Waals surface area contributed by atoms with Crippen LogP contribution in [0.2, 0.25) is 5.02 Å².